The third-order valence-electron chi connectivity index (χ3n) is 2.36. The predicted octanol–water partition coefficient (Wildman–Crippen LogP) is 3.21. The average Bonchev–Trinajstić information content (AvgIpc) is 2.40. The van der Waals surface area contributed by atoms with Gasteiger partial charge in [0.15, 0.2) is 5.84 Å². The van der Waals surface area contributed by atoms with Gasteiger partial charge >= 0.3 is 0 Å². The molecule has 0 bridgehead atoms. The lowest BCUT2D eigenvalue weighted by atomic mass is 10.2. The molecule has 0 aromatic heterocycles. The van der Waals surface area contributed by atoms with E-state index in [0.717, 1.165) is 17.8 Å². The second-order valence-electron chi connectivity index (χ2n) is 3.69. The van der Waals surface area contributed by atoms with Gasteiger partial charge in [-0.15, -0.1) is 0 Å². The number of nitrogens with zero attached hydrogens (tertiary/aromatic N) is 1. The van der Waals surface area contributed by atoms with E-state index in [2.05, 4.69) is 5.16 Å². The van der Waals surface area contributed by atoms with Crippen LogP contribution in [0.1, 0.15) is 5.56 Å². The minimum atomic E-state index is -0.515. The van der Waals surface area contributed by atoms with Crippen molar-refractivity contribution in [1.82, 2.24) is 0 Å². The van der Waals surface area contributed by atoms with Gasteiger partial charge in [-0.05, 0) is 36.4 Å². The first-order chi connectivity index (χ1) is 9.10. The zero-order valence-electron chi connectivity index (χ0n) is 9.68. The first kappa shape index (κ1) is 13.4. The summed E-state index contributed by atoms with van der Waals surface area (Å²) in [7, 11) is 0. The molecule has 2 aromatic rings. The Kier molecular flexibility index (Phi) is 4.01. The van der Waals surface area contributed by atoms with Crippen LogP contribution in [0.3, 0.4) is 0 Å². The molecule has 0 aliphatic rings. The Labute approximate surface area is 112 Å². The van der Waals surface area contributed by atoms with E-state index in [-0.39, 0.29) is 17.2 Å². The summed E-state index contributed by atoms with van der Waals surface area (Å²) in [6, 6.07) is 10.1. The van der Waals surface area contributed by atoms with Crippen LogP contribution >= 0.6 is 11.8 Å². The maximum atomic E-state index is 13.8. The second-order valence-corrected chi connectivity index (χ2v) is 4.81. The molecule has 0 saturated carbocycles. The van der Waals surface area contributed by atoms with Crippen molar-refractivity contribution in [3.63, 3.8) is 0 Å². The Morgan fingerprint density at radius 3 is 2.58 bits per heavy atom. The van der Waals surface area contributed by atoms with Gasteiger partial charge in [0.1, 0.15) is 11.6 Å². The number of rotatable bonds is 3. The molecule has 0 saturated heterocycles. The van der Waals surface area contributed by atoms with Crippen molar-refractivity contribution >= 4 is 17.6 Å². The first-order valence-corrected chi connectivity index (χ1v) is 6.12. The van der Waals surface area contributed by atoms with Crippen LogP contribution in [-0.4, -0.2) is 11.0 Å². The largest absolute Gasteiger partial charge is 0.409 e. The maximum absolute atomic E-state index is 13.8. The lowest BCUT2D eigenvalue weighted by Gasteiger charge is -2.05. The minimum Gasteiger partial charge on any atom is -0.409 e. The molecule has 0 radical (unpaired) electrons. The number of benzene rings is 2. The highest BCUT2D eigenvalue weighted by atomic mass is 32.2. The molecule has 0 amide bonds. The zero-order chi connectivity index (χ0) is 13.8. The number of nitrogens with two attached hydrogens (primary N) is 1. The molecule has 2 aromatic carbocycles. The van der Waals surface area contributed by atoms with Crippen molar-refractivity contribution < 1.29 is 14.0 Å². The van der Waals surface area contributed by atoms with Crippen molar-refractivity contribution in [2.24, 2.45) is 10.9 Å². The molecule has 3 N–H and O–H groups in total. The van der Waals surface area contributed by atoms with Gasteiger partial charge in [-0.3, -0.25) is 0 Å². The molecule has 2 rings (SSSR count). The quantitative estimate of drug-likeness (QED) is 0.393. The summed E-state index contributed by atoms with van der Waals surface area (Å²) in [5.41, 5.74) is 5.64. The fraction of sp³-hybridized carbons (Fsp3) is 0. The van der Waals surface area contributed by atoms with Crippen LogP contribution in [0.5, 0.6) is 0 Å². The van der Waals surface area contributed by atoms with Crippen molar-refractivity contribution in [2.75, 3.05) is 0 Å². The summed E-state index contributed by atoms with van der Waals surface area (Å²) < 4.78 is 26.8. The molecule has 0 aliphatic heterocycles. The van der Waals surface area contributed by atoms with Crippen LogP contribution in [0, 0.1) is 11.6 Å². The minimum absolute atomic E-state index is 0.166. The Morgan fingerprint density at radius 1 is 1.16 bits per heavy atom. The summed E-state index contributed by atoms with van der Waals surface area (Å²) in [6.07, 6.45) is 0. The van der Waals surface area contributed by atoms with Gasteiger partial charge in [0.05, 0.1) is 0 Å². The van der Waals surface area contributed by atoms with Gasteiger partial charge in [-0.1, -0.05) is 23.0 Å². The smallest absolute Gasteiger partial charge is 0.170 e. The molecule has 98 valence electrons. The molecule has 0 heterocycles. The van der Waals surface area contributed by atoms with E-state index in [1.54, 1.807) is 12.1 Å². The molecule has 3 nitrogen and oxygen atoms in total. The van der Waals surface area contributed by atoms with Crippen LogP contribution in [0.2, 0.25) is 0 Å². The molecule has 19 heavy (non-hydrogen) atoms. The van der Waals surface area contributed by atoms with Crippen LogP contribution in [-0.2, 0) is 0 Å². The molecule has 0 fully saturated rings. The molecule has 0 atom stereocenters. The molecule has 0 aliphatic carbocycles. The summed E-state index contributed by atoms with van der Waals surface area (Å²) in [6.45, 7) is 0. The lowest BCUT2D eigenvalue weighted by Crippen LogP contribution is -2.13. The highest BCUT2D eigenvalue weighted by Crippen LogP contribution is 2.30. The van der Waals surface area contributed by atoms with Crippen molar-refractivity contribution in [2.45, 2.75) is 9.79 Å². The highest BCUT2D eigenvalue weighted by molar-refractivity contribution is 7.99. The van der Waals surface area contributed by atoms with Crippen molar-refractivity contribution in [1.29, 1.82) is 0 Å². The highest BCUT2D eigenvalue weighted by Gasteiger charge is 2.08. The van der Waals surface area contributed by atoms with Crippen molar-refractivity contribution in [3.05, 3.63) is 59.7 Å². The lowest BCUT2D eigenvalue weighted by molar-refractivity contribution is 0.318. The van der Waals surface area contributed by atoms with Crippen LogP contribution in [0.15, 0.2) is 57.4 Å². The normalized spacial score (nSPS) is 11.6. The van der Waals surface area contributed by atoms with E-state index < -0.39 is 5.82 Å². The monoisotopic (exact) mass is 280 g/mol. The summed E-state index contributed by atoms with van der Waals surface area (Å²) in [5.74, 6) is -1.06. The van der Waals surface area contributed by atoms with E-state index in [1.165, 1.54) is 24.3 Å². The molecular weight excluding hydrogens is 270 g/mol. The third-order valence-corrected chi connectivity index (χ3v) is 3.40. The van der Waals surface area contributed by atoms with Gasteiger partial charge in [0, 0.05) is 15.4 Å². The Morgan fingerprint density at radius 2 is 1.95 bits per heavy atom. The first-order valence-electron chi connectivity index (χ1n) is 5.31. The molecular formula is C13H10F2N2OS. The van der Waals surface area contributed by atoms with E-state index in [4.69, 9.17) is 10.9 Å². The zero-order valence-corrected chi connectivity index (χ0v) is 10.5. The van der Waals surface area contributed by atoms with Gasteiger partial charge in [-0.25, -0.2) is 8.78 Å². The summed E-state index contributed by atoms with van der Waals surface area (Å²) in [5, 5.41) is 11.3. The van der Waals surface area contributed by atoms with Crippen LogP contribution in [0.4, 0.5) is 8.78 Å². The van der Waals surface area contributed by atoms with Gasteiger partial charge in [0.25, 0.3) is 0 Å². The Hall–Kier alpha value is -2.08. The van der Waals surface area contributed by atoms with Crippen LogP contribution < -0.4 is 5.73 Å². The number of amidine groups is 1. The third kappa shape index (κ3) is 3.23. The topological polar surface area (TPSA) is 58.6 Å². The average molecular weight is 280 g/mol. The number of oxime groups is 1. The number of halogens is 2. The van der Waals surface area contributed by atoms with Gasteiger partial charge in [-0.2, -0.15) is 0 Å². The van der Waals surface area contributed by atoms with E-state index >= 15 is 0 Å². The summed E-state index contributed by atoms with van der Waals surface area (Å²) >= 11 is 1.10. The number of hydrogen-bond donors (Lipinski definition) is 2. The number of hydrogen-bond acceptors (Lipinski definition) is 3. The predicted molar refractivity (Wildman–Crippen MR) is 69.4 cm³/mol. The van der Waals surface area contributed by atoms with Gasteiger partial charge in [0.2, 0.25) is 0 Å². The van der Waals surface area contributed by atoms with Crippen LogP contribution in [0.25, 0.3) is 0 Å². The molecule has 6 heteroatoms. The Balaban J connectivity index is 2.27. The van der Waals surface area contributed by atoms with Crippen molar-refractivity contribution in [3.8, 4) is 0 Å². The molecule has 0 spiro atoms. The SMILES string of the molecule is NC(=NO)c1ccc(Sc2cccc(F)c2)c(F)c1. The fourth-order valence-electron chi connectivity index (χ4n) is 1.46. The van der Waals surface area contributed by atoms with E-state index in [1.807, 2.05) is 0 Å². The summed E-state index contributed by atoms with van der Waals surface area (Å²) in [4.78, 5) is 0.926. The van der Waals surface area contributed by atoms with E-state index in [9.17, 15) is 8.78 Å². The fourth-order valence-corrected chi connectivity index (χ4v) is 2.32. The van der Waals surface area contributed by atoms with Gasteiger partial charge < -0.3 is 10.9 Å². The van der Waals surface area contributed by atoms with E-state index in [0.29, 0.717) is 9.79 Å². The molecule has 0 unspecified atom stereocenters. The Bertz CT molecular complexity index is 632. The maximum Gasteiger partial charge on any atom is 0.170 e. The second kappa shape index (κ2) is 5.71. The standard InChI is InChI=1S/C13H10F2N2OS/c14-9-2-1-3-10(7-9)19-12-5-4-8(6-11(12)15)13(16)17-18/h1-7,18H,(H2,16,17).